The van der Waals surface area contributed by atoms with E-state index in [0.29, 0.717) is 36.8 Å². The standard InChI is InChI=1S/C31H31FN4O5/c32-21-6-4-20(5-7-21)27-18-40-29-23(2-1-3-26(29)41-27)19-10-13-35(14-11-19)17-28-33-24-8-9-25(31(37)38)34-30(24)36(28)16-22-12-15-39-22/h1-9,19,22,27H,10-18H2,(H,37,38). The molecule has 9 nitrogen and oxygen atoms in total. The van der Waals surface area contributed by atoms with Crippen molar-refractivity contribution in [3.63, 3.8) is 0 Å². The van der Waals surface area contributed by atoms with E-state index in [1.165, 1.54) is 23.8 Å². The number of ether oxygens (including phenoxy) is 3. The second kappa shape index (κ2) is 10.8. The number of likely N-dealkylation sites (tertiary alicyclic amines) is 1. The number of benzene rings is 2. The average Bonchev–Trinajstić information content (AvgIpc) is 3.31. The zero-order valence-corrected chi connectivity index (χ0v) is 22.5. The van der Waals surface area contributed by atoms with Crippen molar-refractivity contribution in [2.24, 2.45) is 0 Å². The lowest BCUT2D eigenvalue weighted by Gasteiger charge is -2.35. The molecule has 41 heavy (non-hydrogen) atoms. The lowest BCUT2D eigenvalue weighted by atomic mass is 9.88. The zero-order valence-electron chi connectivity index (χ0n) is 22.5. The second-order valence-corrected chi connectivity index (χ2v) is 11.0. The Balaban J connectivity index is 1.05. The summed E-state index contributed by atoms with van der Waals surface area (Å²) in [6.45, 7) is 4.19. The predicted molar refractivity (Wildman–Crippen MR) is 148 cm³/mol. The number of imidazole rings is 1. The quantitative estimate of drug-likeness (QED) is 0.340. The lowest BCUT2D eigenvalue weighted by molar-refractivity contribution is -0.0593. The minimum absolute atomic E-state index is 0.0157. The van der Waals surface area contributed by atoms with Gasteiger partial charge in [0.25, 0.3) is 0 Å². The van der Waals surface area contributed by atoms with Crippen LogP contribution in [-0.4, -0.2) is 62.9 Å². The van der Waals surface area contributed by atoms with E-state index in [9.17, 15) is 14.3 Å². The van der Waals surface area contributed by atoms with E-state index in [1.807, 2.05) is 16.7 Å². The van der Waals surface area contributed by atoms with Crippen LogP contribution in [0.15, 0.2) is 54.6 Å². The SMILES string of the molecule is O=C(O)c1ccc2nc(CN3CCC(c4cccc5c4OCC(c4ccc(F)cc4)O5)CC3)n(CC3CCO3)c2n1. The number of halogens is 1. The van der Waals surface area contributed by atoms with Crippen molar-refractivity contribution in [1.29, 1.82) is 0 Å². The fraction of sp³-hybridized carbons (Fsp3) is 0.387. The number of pyridine rings is 1. The third-order valence-electron chi connectivity index (χ3n) is 8.36. The Kier molecular flexibility index (Phi) is 6.80. The van der Waals surface area contributed by atoms with Gasteiger partial charge in [-0.1, -0.05) is 24.3 Å². The number of piperidine rings is 1. The molecule has 3 aliphatic heterocycles. The molecule has 212 valence electrons. The smallest absolute Gasteiger partial charge is 0.354 e. The summed E-state index contributed by atoms with van der Waals surface area (Å²) in [5.74, 6) is 1.44. The molecule has 0 bridgehead atoms. The molecule has 2 unspecified atom stereocenters. The number of hydrogen-bond acceptors (Lipinski definition) is 7. The Morgan fingerprint density at radius 2 is 1.83 bits per heavy atom. The maximum Gasteiger partial charge on any atom is 0.354 e. The van der Waals surface area contributed by atoms with Gasteiger partial charge < -0.3 is 23.9 Å². The van der Waals surface area contributed by atoms with Crippen LogP contribution in [-0.2, 0) is 17.8 Å². The van der Waals surface area contributed by atoms with Crippen LogP contribution in [0, 0.1) is 5.82 Å². The molecule has 0 radical (unpaired) electrons. The fourth-order valence-electron chi connectivity index (χ4n) is 6.00. The van der Waals surface area contributed by atoms with E-state index in [2.05, 4.69) is 16.0 Å². The van der Waals surface area contributed by atoms with Gasteiger partial charge in [-0.2, -0.15) is 0 Å². The highest BCUT2D eigenvalue weighted by Crippen LogP contribution is 2.44. The number of hydrogen-bond donors (Lipinski definition) is 1. The zero-order chi connectivity index (χ0) is 27.9. The third-order valence-corrected chi connectivity index (χ3v) is 8.36. The lowest BCUT2D eigenvalue weighted by Crippen LogP contribution is -2.35. The van der Waals surface area contributed by atoms with Gasteiger partial charge in [-0.3, -0.25) is 4.90 Å². The maximum absolute atomic E-state index is 13.4. The van der Waals surface area contributed by atoms with Crippen molar-refractivity contribution >= 4 is 17.1 Å². The molecule has 3 aliphatic rings. The molecule has 2 fully saturated rings. The van der Waals surface area contributed by atoms with E-state index in [1.54, 1.807) is 18.2 Å². The topological polar surface area (TPSA) is 98.9 Å². The minimum Gasteiger partial charge on any atom is -0.485 e. The van der Waals surface area contributed by atoms with Gasteiger partial charge in [0, 0.05) is 12.2 Å². The van der Waals surface area contributed by atoms with Gasteiger partial charge in [-0.25, -0.2) is 19.2 Å². The number of carbonyl (C=O) groups is 1. The number of nitrogens with zero attached hydrogens (tertiary/aromatic N) is 4. The molecule has 2 atom stereocenters. The van der Waals surface area contributed by atoms with Crippen LogP contribution in [0.25, 0.3) is 11.2 Å². The first-order chi connectivity index (χ1) is 20.0. The van der Waals surface area contributed by atoms with Gasteiger partial charge in [0.15, 0.2) is 28.9 Å². The third kappa shape index (κ3) is 5.13. The molecular weight excluding hydrogens is 527 g/mol. The Bertz CT molecular complexity index is 1580. The maximum atomic E-state index is 13.4. The number of aromatic nitrogens is 3. The summed E-state index contributed by atoms with van der Waals surface area (Å²) >= 11 is 0. The van der Waals surface area contributed by atoms with Crippen LogP contribution in [0.4, 0.5) is 4.39 Å². The molecule has 4 aromatic rings. The van der Waals surface area contributed by atoms with E-state index in [0.717, 1.165) is 61.8 Å². The Labute approximate surface area is 236 Å². The van der Waals surface area contributed by atoms with Gasteiger partial charge in [0.2, 0.25) is 0 Å². The highest BCUT2D eigenvalue weighted by Gasteiger charge is 2.30. The van der Waals surface area contributed by atoms with Crippen LogP contribution < -0.4 is 9.47 Å². The summed E-state index contributed by atoms with van der Waals surface area (Å²) in [5.41, 5.74) is 3.37. The molecule has 5 heterocycles. The summed E-state index contributed by atoms with van der Waals surface area (Å²) < 4.78 is 33.6. The number of para-hydroxylation sites is 1. The molecular formula is C31H31FN4O5. The largest absolute Gasteiger partial charge is 0.485 e. The number of fused-ring (bicyclic) bond motifs is 2. The van der Waals surface area contributed by atoms with Crippen molar-refractivity contribution in [2.45, 2.75) is 50.5 Å². The van der Waals surface area contributed by atoms with Crippen LogP contribution in [0.3, 0.4) is 0 Å². The molecule has 1 N–H and O–H groups in total. The van der Waals surface area contributed by atoms with E-state index >= 15 is 0 Å². The molecule has 2 saturated heterocycles. The number of carboxylic acids is 1. The van der Waals surface area contributed by atoms with Crippen LogP contribution >= 0.6 is 0 Å². The van der Waals surface area contributed by atoms with Gasteiger partial charge in [-0.05, 0) is 74.2 Å². The fourth-order valence-corrected chi connectivity index (χ4v) is 6.00. The van der Waals surface area contributed by atoms with Gasteiger partial charge in [-0.15, -0.1) is 0 Å². The van der Waals surface area contributed by atoms with Gasteiger partial charge in [0.05, 0.1) is 19.2 Å². The predicted octanol–water partition coefficient (Wildman–Crippen LogP) is 4.95. The van der Waals surface area contributed by atoms with Crippen LogP contribution in [0.1, 0.15) is 58.7 Å². The normalized spacial score (nSPS) is 21.1. The highest BCUT2D eigenvalue weighted by atomic mass is 19.1. The second-order valence-electron chi connectivity index (χ2n) is 11.0. The average molecular weight is 559 g/mol. The first-order valence-corrected chi connectivity index (χ1v) is 14.1. The summed E-state index contributed by atoms with van der Waals surface area (Å²) in [6.07, 6.45) is 2.73. The molecule has 0 spiro atoms. The van der Waals surface area contributed by atoms with Crippen molar-refractivity contribution in [3.8, 4) is 11.5 Å². The molecule has 10 heteroatoms. The monoisotopic (exact) mass is 558 g/mol. The van der Waals surface area contributed by atoms with Crippen molar-refractivity contribution in [1.82, 2.24) is 19.4 Å². The molecule has 7 rings (SSSR count). The van der Waals surface area contributed by atoms with E-state index in [-0.39, 0.29) is 23.7 Å². The molecule has 0 saturated carbocycles. The Hall–Kier alpha value is -4.02. The number of rotatable bonds is 7. The molecule has 2 aromatic carbocycles. The number of aromatic carboxylic acids is 1. The number of carboxylic acid groups (broad SMARTS) is 1. The highest BCUT2D eigenvalue weighted by molar-refractivity contribution is 5.88. The van der Waals surface area contributed by atoms with E-state index in [4.69, 9.17) is 19.2 Å². The molecule has 0 amide bonds. The first kappa shape index (κ1) is 25.9. The van der Waals surface area contributed by atoms with E-state index < -0.39 is 5.97 Å². The van der Waals surface area contributed by atoms with Crippen molar-refractivity contribution in [3.05, 3.63) is 83.1 Å². The summed E-state index contributed by atoms with van der Waals surface area (Å²) in [7, 11) is 0. The molecule has 0 aliphatic carbocycles. The minimum atomic E-state index is -1.05. The summed E-state index contributed by atoms with van der Waals surface area (Å²) in [6, 6.07) is 15.7. The summed E-state index contributed by atoms with van der Waals surface area (Å²) in [5, 5.41) is 9.45. The first-order valence-electron chi connectivity index (χ1n) is 14.1. The molecule has 2 aromatic heterocycles. The van der Waals surface area contributed by atoms with Crippen LogP contribution in [0.2, 0.25) is 0 Å². The van der Waals surface area contributed by atoms with Crippen molar-refractivity contribution < 1.29 is 28.5 Å². The van der Waals surface area contributed by atoms with Crippen LogP contribution in [0.5, 0.6) is 11.5 Å². The van der Waals surface area contributed by atoms with Gasteiger partial charge in [0.1, 0.15) is 23.8 Å². The van der Waals surface area contributed by atoms with Crippen molar-refractivity contribution in [2.75, 3.05) is 26.3 Å². The summed E-state index contributed by atoms with van der Waals surface area (Å²) in [4.78, 5) is 23.2. The Morgan fingerprint density at radius 1 is 1.02 bits per heavy atom. The Morgan fingerprint density at radius 3 is 2.56 bits per heavy atom. The van der Waals surface area contributed by atoms with Gasteiger partial charge >= 0.3 is 5.97 Å².